The summed E-state index contributed by atoms with van der Waals surface area (Å²) in [7, 11) is 0. The Bertz CT molecular complexity index is 1090. The van der Waals surface area contributed by atoms with Gasteiger partial charge in [0.25, 0.3) is 0 Å². The molecule has 0 aliphatic rings. The molecule has 67 heavy (non-hydrogen) atoms. The maximum Gasteiger partial charge on any atom is 0.305 e. The summed E-state index contributed by atoms with van der Waals surface area (Å²) in [5, 5.41) is 23.2. The third kappa shape index (κ3) is 53.3. The molecule has 0 spiro atoms. The van der Waals surface area contributed by atoms with Crippen LogP contribution in [-0.2, 0) is 14.3 Å². The number of amides is 1. The van der Waals surface area contributed by atoms with Gasteiger partial charge in [0, 0.05) is 12.8 Å². The van der Waals surface area contributed by atoms with Crippen molar-refractivity contribution >= 4 is 11.9 Å². The third-order valence-corrected chi connectivity index (χ3v) is 13.7. The summed E-state index contributed by atoms with van der Waals surface area (Å²) in [6, 6.07) is -0.545. The van der Waals surface area contributed by atoms with Gasteiger partial charge in [-0.15, -0.1) is 0 Å². The Kier molecular flexibility index (Phi) is 55.0. The molecule has 0 aliphatic heterocycles. The predicted octanol–water partition coefficient (Wildman–Crippen LogP) is 18.4. The largest absolute Gasteiger partial charge is 0.466 e. The van der Waals surface area contributed by atoms with E-state index in [1.54, 1.807) is 0 Å². The summed E-state index contributed by atoms with van der Waals surface area (Å²) in [6.45, 7) is 4.93. The molecule has 0 aromatic carbocycles. The number of esters is 1. The molecule has 0 radical (unpaired) electrons. The Labute approximate surface area is 417 Å². The Morgan fingerprint density at radius 3 is 1.15 bits per heavy atom. The first-order chi connectivity index (χ1) is 33.0. The minimum Gasteiger partial charge on any atom is -0.466 e. The highest BCUT2D eigenvalue weighted by Crippen LogP contribution is 2.16. The Hall–Kier alpha value is -1.92. The molecule has 0 aromatic rings. The van der Waals surface area contributed by atoms with Gasteiger partial charge in [-0.05, 0) is 83.5 Å². The summed E-state index contributed by atoms with van der Waals surface area (Å²) in [5.41, 5.74) is 0. The number of allylic oxidation sites excluding steroid dienone is 6. The number of carbonyl (C=O) groups excluding carboxylic acids is 2. The molecule has 6 nitrogen and oxygen atoms in total. The minimum atomic E-state index is -0.667. The van der Waals surface area contributed by atoms with E-state index in [1.165, 1.54) is 231 Å². The molecule has 6 heteroatoms. The number of nitrogens with one attached hydrogen (secondary N) is 1. The van der Waals surface area contributed by atoms with Crippen molar-refractivity contribution in [3.8, 4) is 0 Å². The highest BCUT2D eigenvalue weighted by Gasteiger charge is 2.20. The van der Waals surface area contributed by atoms with E-state index in [0.29, 0.717) is 25.9 Å². The zero-order valence-electron chi connectivity index (χ0n) is 44.9. The number of aliphatic hydroxyl groups excluding tert-OH is 2. The normalized spacial score (nSPS) is 12.8. The van der Waals surface area contributed by atoms with Crippen LogP contribution in [0.2, 0.25) is 0 Å². The van der Waals surface area contributed by atoms with E-state index in [0.717, 1.165) is 51.4 Å². The number of hydrogen-bond donors (Lipinski definition) is 3. The Balaban J connectivity index is 3.42. The molecule has 0 rings (SSSR count). The summed E-state index contributed by atoms with van der Waals surface area (Å²) in [4.78, 5) is 24.5. The molecule has 0 saturated carbocycles. The lowest BCUT2D eigenvalue weighted by atomic mass is 10.0. The van der Waals surface area contributed by atoms with Gasteiger partial charge < -0.3 is 20.3 Å². The SMILES string of the molecule is CCCCCCC/C=C\CCCCCCCC(=O)OCCCCCCCCCCC/C=C\C/C=C\CCCCCCCCCCCC(=O)NC(CO)C(O)CCCCCCCCCCCCC. The first-order valence-electron chi connectivity index (χ1n) is 29.7. The van der Waals surface area contributed by atoms with Crippen LogP contribution in [0.3, 0.4) is 0 Å². The van der Waals surface area contributed by atoms with Crippen molar-refractivity contribution in [3.63, 3.8) is 0 Å². The van der Waals surface area contributed by atoms with Crippen LogP contribution in [-0.4, -0.2) is 47.4 Å². The summed E-state index contributed by atoms with van der Waals surface area (Å²) >= 11 is 0. The molecule has 394 valence electrons. The van der Waals surface area contributed by atoms with Crippen LogP contribution in [0.1, 0.15) is 316 Å². The third-order valence-electron chi connectivity index (χ3n) is 13.7. The maximum atomic E-state index is 12.4. The van der Waals surface area contributed by atoms with Gasteiger partial charge in [0.05, 0.1) is 25.4 Å². The fourth-order valence-corrected chi connectivity index (χ4v) is 9.08. The van der Waals surface area contributed by atoms with Crippen molar-refractivity contribution in [3.05, 3.63) is 36.5 Å². The second kappa shape index (κ2) is 56.7. The van der Waals surface area contributed by atoms with Crippen molar-refractivity contribution < 1.29 is 24.5 Å². The van der Waals surface area contributed by atoms with E-state index in [2.05, 4.69) is 55.6 Å². The fraction of sp³-hybridized carbons (Fsp3) is 0.869. The molecule has 0 heterocycles. The molecule has 0 aliphatic carbocycles. The van der Waals surface area contributed by atoms with Gasteiger partial charge in [-0.3, -0.25) is 9.59 Å². The zero-order chi connectivity index (χ0) is 48.6. The number of aliphatic hydroxyl groups is 2. The molecule has 0 saturated heterocycles. The lowest BCUT2D eigenvalue weighted by Crippen LogP contribution is -2.45. The van der Waals surface area contributed by atoms with Crippen LogP contribution in [0.5, 0.6) is 0 Å². The Morgan fingerprint density at radius 2 is 0.746 bits per heavy atom. The first-order valence-corrected chi connectivity index (χ1v) is 29.7. The highest BCUT2D eigenvalue weighted by atomic mass is 16.5. The van der Waals surface area contributed by atoms with Gasteiger partial charge in [0.2, 0.25) is 5.91 Å². The molecule has 2 unspecified atom stereocenters. The number of carbonyl (C=O) groups is 2. The summed E-state index contributed by atoms with van der Waals surface area (Å²) in [5.74, 6) is -0.0418. The second-order valence-electron chi connectivity index (χ2n) is 20.3. The second-order valence-corrected chi connectivity index (χ2v) is 20.3. The lowest BCUT2D eigenvalue weighted by molar-refractivity contribution is -0.143. The van der Waals surface area contributed by atoms with E-state index in [1.807, 2.05) is 0 Å². The average Bonchev–Trinajstić information content (AvgIpc) is 3.33. The number of hydrogen-bond acceptors (Lipinski definition) is 5. The molecule has 3 N–H and O–H groups in total. The van der Waals surface area contributed by atoms with Crippen LogP contribution >= 0.6 is 0 Å². The van der Waals surface area contributed by atoms with Crippen LogP contribution in [0, 0.1) is 0 Å². The van der Waals surface area contributed by atoms with Gasteiger partial charge >= 0.3 is 5.97 Å². The van der Waals surface area contributed by atoms with Crippen molar-refractivity contribution in [2.45, 2.75) is 328 Å². The van der Waals surface area contributed by atoms with Gasteiger partial charge in [0.15, 0.2) is 0 Å². The van der Waals surface area contributed by atoms with Crippen LogP contribution in [0.25, 0.3) is 0 Å². The molecule has 0 aromatic heterocycles. The summed E-state index contributed by atoms with van der Waals surface area (Å²) < 4.78 is 5.47. The monoisotopic (exact) mass is 942 g/mol. The lowest BCUT2D eigenvalue weighted by Gasteiger charge is -2.22. The zero-order valence-corrected chi connectivity index (χ0v) is 44.9. The number of ether oxygens (including phenoxy) is 1. The van der Waals surface area contributed by atoms with E-state index in [4.69, 9.17) is 4.74 Å². The first kappa shape index (κ1) is 65.1. The predicted molar refractivity (Wildman–Crippen MR) is 292 cm³/mol. The van der Waals surface area contributed by atoms with Crippen LogP contribution in [0.15, 0.2) is 36.5 Å². The van der Waals surface area contributed by atoms with Gasteiger partial charge in [-0.1, -0.05) is 256 Å². The number of rotatable bonds is 55. The van der Waals surface area contributed by atoms with Gasteiger partial charge in [0.1, 0.15) is 0 Å². The standard InChI is InChI=1S/C61H115NO5/c1-3-5-7-9-11-13-15-16-31-35-39-43-47-51-55-61(66)67-56-52-48-44-40-36-32-29-27-25-23-21-19-17-18-20-22-24-26-28-30-34-38-42-46-50-54-60(65)62-58(57-63)59(64)53-49-45-41-37-33-14-12-10-8-6-4-2/h15-16,18-21,58-59,63-64H,3-14,17,22-57H2,1-2H3,(H,62,65)/b16-15-,20-18-,21-19-. The van der Waals surface area contributed by atoms with Crippen molar-refractivity contribution in [1.82, 2.24) is 5.32 Å². The van der Waals surface area contributed by atoms with E-state index in [-0.39, 0.29) is 18.5 Å². The van der Waals surface area contributed by atoms with E-state index in [9.17, 15) is 19.8 Å². The topological polar surface area (TPSA) is 95.9 Å². The molecule has 0 bridgehead atoms. The summed E-state index contributed by atoms with van der Waals surface area (Å²) in [6.07, 6.45) is 70.1. The fourth-order valence-electron chi connectivity index (χ4n) is 9.08. The molecule has 2 atom stereocenters. The van der Waals surface area contributed by atoms with E-state index < -0.39 is 12.1 Å². The van der Waals surface area contributed by atoms with Gasteiger partial charge in [-0.2, -0.15) is 0 Å². The highest BCUT2D eigenvalue weighted by molar-refractivity contribution is 5.76. The quantitative estimate of drug-likeness (QED) is 0.0321. The van der Waals surface area contributed by atoms with E-state index >= 15 is 0 Å². The number of unbranched alkanes of at least 4 members (excludes halogenated alkanes) is 38. The van der Waals surface area contributed by atoms with Crippen molar-refractivity contribution in [2.75, 3.05) is 13.2 Å². The van der Waals surface area contributed by atoms with Crippen molar-refractivity contribution in [2.24, 2.45) is 0 Å². The molecule has 0 fully saturated rings. The molecular weight excluding hydrogens is 827 g/mol. The average molecular weight is 943 g/mol. The maximum absolute atomic E-state index is 12.4. The van der Waals surface area contributed by atoms with Crippen molar-refractivity contribution in [1.29, 1.82) is 0 Å². The van der Waals surface area contributed by atoms with Crippen LogP contribution < -0.4 is 5.32 Å². The smallest absolute Gasteiger partial charge is 0.305 e. The Morgan fingerprint density at radius 1 is 0.418 bits per heavy atom. The minimum absolute atomic E-state index is 0.000216. The van der Waals surface area contributed by atoms with Gasteiger partial charge in [-0.25, -0.2) is 0 Å². The molecular formula is C61H115NO5. The molecule has 1 amide bonds. The van der Waals surface area contributed by atoms with Crippen LogP contribution in [0.4, 0.5) is 0 Å².